The van der Waals surface area contributed by atoms with E-state index >= 15 is 0 Å². The molecule has 0 fully saturated rings. The molecule has 0 aliphatic carbocycles. The molecular weight excluding hydrogens is 366 g/mol. The SMILES string of the molecule is Cc1ccccc1NC(=O)COC(=O)/C(=C/c1cccs1)c1cccs1. The lowest BCUT2D eigenvalue weighted by molar-refractivity contribution is -0.141. The van der Waals surface area contributed by atoms with Crippen LogP contribution >= 0.6 is 22.7 Å². The van der Waals surface area contributed by atoms with Gasteiger partial charge in [-0.3, -0.25) is 4.79 Å². The molecule has 0 atom stereocenters. The minimum absolute atomic E-state index is 0.333. The first-order valence-corrected chi connectivity index (χ1v) is 9.71. The van der Waals surface area contributed by atoms with Gasteiger partial charge in [0, 0.05) is 15.4 Å². The second-order valence-electron chi connectivity index (χ2n) is 5.49. The summed E-state index contributed by atoms with van der Waals surface area (Å²) in [5, 5.41) is 6.60. The largest absolute Gasteiger partial charge is 0.452 e. The number of nitrogens with one attached hydrogen (secondary N) is 1. The summed E-state index contributed by atoms with van der Waals surface area (Å²) in [6.45, 7) is 1.57. The predicted octanol–water partition coefficient (Wildman–Crippen LogP) is 4.84. The molecule has 0 bridgehead atoms. The zero-order valence-electron chi connectivity index (χ0n) is 14.1. The molecule has 0 spiro atoms. The standard InChI is InChI=1S/C20H17NO3S2/c1-14-6-2-3-8-17(14)21-19(22)13-24-20(23)16(18-9-5-11-26-18)12-15-7-4-10-25-15/h2-12H,13H2,1H3,(H,21,22)/b16-12+. The van der Waals surface area contributed by atoms with E-state index in [4.69, 9.17) is 4.74 Å². The molecule has 2 aromatic heterocycles. The lowest BCUT2D eigenvalue weighted by Crippen LogP contribution is -2.21. The number of ether oxygens (including phenoxy) is 1. The Morgan fingerprint density at radius 2 is 1.81 bits per heavy atom. The molecule has 1 aromatic carbocycles. The van der Waals surface area contributed by atoms with Gasteiger partial charge in [0.15, 0.2) is 6.61 Å². The van der Waals surface area contributed by atoms with Gasteiger partial charge in [-0.05, 0) is 47.5 Å². The molecule has 0 saturated carbocycles. The van der Waals surface area contributed by atoms with Gasteiger partial charge < -0.3 is 10.1 Å². The van der Waals surface area contributed by atoms with Crippen molar-refractivity contribution in [1.82, 2.24) is 0 Å². The van der Waals surface area contributed by atoms with Crippen molar-refractivity contribution in [3.63, 3.8) is 0 Å². The van der Waals surface area contributed by atoms with E-state index in [1.165, 1.54) is 22.7 Å². The number of anilines is 1. The van der Waals surface area contributed by atoms with Crippen LogP contribution in [0, 0.1) is 6.92 Å². The fourth-order valence-corrected chi connectivity index (χ4v) is 3.67. The van der Waals surface area contributed by atoms with E-state index in [1.54, 1.807) is 6.08 Å². The number of hydrogen-bond acceptors (Lipinski definition) is 5. The number of carbonyl (C=O) groups excluding carboxylic acids is 2. The molecule has 0 saturated heterocycles. The van der Waals surface area contributed by atoms with Gasteiger partial charge in [-0.1, -0.05) is 30.3 Å². The first-order chi connectivity index (χ1) is 12.6. The van der Waals surface area contributed by atoms with Crippen LogP contribution < -0.4 is 5.32 Å². The molecule has 0 radical (unpaired) electrons. The van der Waals surface area contributed by atoms with Crippen molar-refractivity contribution < 1.29 is 14.3 Å². The highest BCUT2D eigenvalue weighted by atomic mass is 32.1. The maximum Gasteiger partial charge on any atom is 0.340 e. The molecule has 26 heavy (non-hydrogen) atoms. The van der Waals surface area contributed by atoms with Crippen LogP contribution in [0.3, 0.4) is 0 Å². The number of rotatable bonds is 6. The normalized spacial score (nSPS) is 11.2. The third-order valence-corrected chi connectivity index (χ3v) is 5.31. The van der Waals surface area contributed by atoms with Crippen molar-refractivity contribution in [2.24, 2.45) is 0 Å². The van der Waals surface area contributed by atoms with Crippen molar-refractivity contribution in [2.45, 2.75) is 6.92 Å². The molecule has 6 heteroatoms. The first kappa shape index (κ1) is 18.1. The van der Waals surface area contributed by atoms with Crippen LogP contribution in [0.15, 0.2) is 59.3 Å². The second-order valence-corrected chi connectivity index (χ2v) is 7.42. The topological polar surface area (TPSA) is 55.4 Å². The van der Waals surface area contributed by atoms with Crippen molar-refractivity contribution in [3.8, 4) is 0 Å². The molecular formula is C20H17NO3S2. The van der Waals surface area contributed by atoms with E-state index in [-0.39, 0.29) is 12.5 Å². The highest BCUT2D eigenvalue weighted by Crippen LogP contribution is 2.25. The van der Waals surface area contributed by atoms with Gasteiger partial charge in [0.05, 0.1) is 5.57 Å². The van der Waals surface area contributed by atoms with Gasteiger partial charge in [-0.25, -0.2) is 4.79 Å². The molecule has 0 aliphatic rings. The smallest absolute Gasteiger partial charge is 0.340 e. The molecule has 0 unspecified atom stereocenters. The van der Waals surface area contributed by atoms with Crippen LogP contribution in [0.1, 0.15) is 15.3 Å². The van der Waals surface area contributed by atoms with E-state index in [1.807, 2.05) is 66.2 Å². The summed E-state index contributed by atoms with van der Waals surface area (Å²) >= 11 is 2.99. The van der Waals surface area contributed by atoms with Gasteiger partial charge in [0.2, 0.25) is 0 Å². The number of thiophene rings is 2. The van der Waals surface area contributed by atoms with Crippen molar-refractivity contribution >= 4 is 51.9 Å². The van der Waals surface area contributed by atoms with Crippen LogP contribution in [-0.2, 0) is 14.3 Å². The van der Waals surface area contributed by atoms with Crippen LogP contribution in [0.2, 0.25) is 0 Å². The summed E-state index contributed by atoms with van der Waals surface area (Å²) < 4.78 is 5.24. The van der Waals surface area contributed by atoms with E-state index in [0.717, 1.165) is 15.3 Å². The van der Waals surface area contributed by atoms with Crippen molar-refractivity contribution in [3.05, 3.63) is 74.6 Å². The van der Waals surface area contributed by atoms with Gasteiger partial charge >= 0.3 is 5.97 Å². The minimum Gasteiger partial charge on any atom is -0.452 e. The van der Waals surface area contributed by atoms with Crippen LogP contribution in [0.25, 0.3) is 11.6 Å². The summed E-state index contributed by atoms with van der Waals surface area (Å²) in [7, 11) is 0. The van der Waals surface area contributed by atoms with Crippen molar-refractivity contribution in [2.75, 3.05) is 11.9 Å². The Morgan fingerprint density at radius 3 is 2.50 bits per heavy atom. The molecule has 0 aliphatic heterocycles. The van der Waals surface area contributed by atoms with Crippen LogP contribution in [-0.4, -0.2) is 18.5 Å². The van der Waals surface area contributed by atoms with E-state index in [0.29, 0.717) is 11.3 Å². The van der Waals surface area contributed by atoms with Crippen LogP contribution in [0.5, 0.6) is 0 Å². The molecule has 132 valence electrons. The fraction of sp³-hybridized carbons (Fsp3) is 0.100. The second kappa shape index (κ2) is 8.60. The molecule has 1 N–H and O–H groups in total. The number of benzene rings is 1. The summed E-state index contributed by atoms with van der Waals surface area (Å²) in [6, 6.07) is 15.0. The third kappa shape index (κ3) is 4.68. The van der Waals surface area contributed by atoms with E-state index < -0.39 is 5.97 Å². The summed E-state index contributed by atoms with van der Waals surface area (Å²) in [5.74, 6) is -0.880. The van der Waals surface area contributed by atoms with E-state index in [9.17, 15) is 9.59 Å². The fourth-order valence-electron chi connectivity index (χ4n) is 2.29. The lowest BCUT2D eigenvalue weighted by atomic mass is 10.2. The Kier molecular flexibility index (Phi) is 5.99. The van der Waals surface area contributed by atoms with Crippen LogP contribution in [0.4, 0.5) is 5.69 Å². The monoisotopic (exact) mass is 383 g/mol. The third-order valence-electron chi connectivity index (χ3n) is 3.59. The Morgan fingerprint density at radius 1 is 1.04 bits per heavy atom. The summed E-state index contributed by atoms with van der Waals surface area (Å²) in [4.78, 5) is 26.4. The highest BCUT2D eigenvalue weighted by Gasteiger charge is 2.17. The number of aryl methyl sites for hydroxylation is 1. The summed E-state index contributed by atoms with van der Waals surface area (Å²) in [6.07, 6.45) is 1.79. The van der Waals surface area contributed by atoms with Gasteiger partial charge in [-0.15, -0.1) is 22.7 Å². The Balaban J connectivity index is 1.67. The number of esters is 1. The number of amides is 1. The predicted molar refractivity (Wildman–Crippen MR) is 107 cm³/mol. The van der Waals surface area contributed by atoms with Crippen molar-refractivity contribution in [1.29, 1.82) is 0 Å². The number of para-hydroxylation sites is 1. The molecule has 2 heterocycles. The molecule has 3 rings (SSSR count). The molecule has 1 amide bonds. The lowest BCUT2D eigenvalue weighted by Gasteiger charge is -2.09. The molecule has 3 aromatic rings. The Hall–Kier alpha value is -2.70. The zero-order chi connectivity index (χ0) is 18.4. The van der Waals surface area contributed by atoms with Gasteiger partial charge in [0.25, 0.3) is 5.91 Å². The minimum atomic E-state index is -0.513. The highest BCUT2D eigenvalue weighted by molar-refractivity contribution is 7.12. The first-order valence-electron chi connectivity index (χ1n) is 7.95. The quantitative estimate of drug-likeness (QED) is 0.489. The van der Waals surface area contributed by atoms with E-state index in [2.05, 4.69) is 5.32 Å². The number of carbonyl (C=O) groups is 2. The Labute approximate surface area is 159 Å². The average molecular weight is 383 g/mol. The number of hydrogen-bond donors (Lipinski definition) is 1. The Bertz CT molecular complexity index is 912. The molecule has 4 nitrogen and oxygen atoms in total. The van der Waals surface area contributed by atoms with Gasteiger partial charge in [-0.2, -0.15) is 0 Å². The average Bonchev–Trinajstić information content (AvgIpc) is 3.33. The van der Waals surface area contributed by atoms with Gasteiger partial charge in [0.1, 0.15) is 0 Å². The zero-order valence-corrected chi connectivity index (χ0v) is 15.7. The summed E-state index contributed by atoms with van der Waals surface area (Å²) in [5.41, 5.74) is 2.11. The maximum atomic E-state index is 12.5. The maximum absolute atomic E-state index is 12.5.